The monoisotopic (exact) mass is 284 g/mol. The van der Waals surface area contributed by atoms with Crippen molar-refractivity contribution in [3.63, 3.8) is 0 Å². The first-order valence-electron chi connectivity index (χ1n) is 7.71. The molecular formula is C15H28N2O3. The molecule has 3 N–H and O–H groups in total. The molecule has 1 saturated carbocycles. The molecule has 1 saturated heterocycles. The summed E-state index contributed by atoms with van der Waals surface area (Å²) in [5.41, 5.74) is 5.16. The molecule has 2 fully saturated rings. The van der Waals surface area contributed by atoms with Crippen molar-refractivity contribution in [1.29, 1.82) is 0 Å². The Bertz CT molecular complexity index is 351. The molecule has 116 valence electrons. The van der Waals surface area contributed by atoms with Crippen molar-refractivity contribution in [2.75, 3.05) is 26.2 Å². The van der Waals surface area contributed by atoms with E-state index in [1.165, 1.54) is 6.42 Å². The zero-order chi connectivity index (χ0) is 14.8. The van der Waals surface area contributed by atoms with Gasteiger partial charge in [0.25, 0.3) is 0 Å². The normalized spacial score (nSPS) is 29.2. The fraction of sp³-hybridized carbons (Fsp3) is 0.933. The van der Waals surface area contributed by atoms with Crippen molar-refractivity contribution >= 4 is 5.91 Å². The lowest BCUT2D eigenvalue weighted by atomic mass is 9.72. The Morgan fingerprint density at radius 2 is 2.00 bits per heavy atom. The van der Waals surface area contributed by atoms with Gasteiger partial charge in [-0.05, 0) is 26.7 Å². The second kappa shape index (κ2) is 6.00. The summed E-state index contributed by atoms with van der Waals surface area (Å²) >= 11 is 0. The van der Waals surface area contributed by atoms with Gasteiger partial charge in [0.15, 0.2) is 0 Å². The summed E-state index contributed by atoms with van der Waals surface area (Å²) in [4.78, 5) is 14.8. The van der Waals surface area contributed by atoms with E-state index in [9.17, 15) is 9.90 Å². The molecule has 2 rings (SSSR count). The zero-order valence-corrected chi connectivity index (χ0v) is 12.7. The van der Waals surface area contributed by atoms with E-state index in [0.717, 1.165) is 25.7 Å². The number of hydrogen-bond donors (Lipinski definition) is 2. The number of rotatable bonds is 3. The predicted molar refractivity (Wildman–Crippen MR) is 77.2 cm³/mol. The van der Waals surface area contributed by atoms with Crippen LogP contribution in [-0.4, -0.2) is 53.9 Å². The van der Waals surface area contributed by atoms with E-state index in [1.54, 1.807) is 0 Å². The summed E-state index contributed by atoms with van der Waals surface area (Å²) < 4.78 is 5.78. The van der Waals surface area contributed by atoms with Gasteiger partial charge >= 0.3 is 0 Å². The van der Waals surface area contributed by atoms with Gasteiger partial charge in [-0.25, -0.2) is 0 Å². The van der Waals surface area contributed by atoms with Crippen LogP contribution in [0.3, 0.4) is 0 Å². The minimum absolute atomic E-state index is 0.0527. The van der Waals surface area contributed by atoms with Crippen LogP contribution in [0.15, 0.2) is 0 Å². The van der Waals surface area contributed by atoms with Crippen molar-refractivity contribution in [2.24, 2.45) is 11.1 Å². The van der Waals surface area contributed by atoms with E-state index < -0.39 is 5.60 Å². The molecule has 1 heterocycles. The number of aliphatic hydroxyl groups is 1. The Kier molecular flexibility index (Phi) is 4.72. The molecule has 0 radical (unpaired) electrons. The number of amides is 1. The first-order chi connectivity index (χ1) is 9.42. The van der Waals surface area contributed by atoms with E-state index >= 15 is 0 Å². The number of hydrogen-bond acceptors (Lipinski definition) is 4. The van der Waals surface area contributed by atoms with Crippen molar-refractivity contribution in [3.8, 4) is 0 Å². The van der Waals surface area contributed by atoms with Gasteiger partial charge in [-0.3, -0.25) is 4.79 Å². The molecule has 0 aromatic heterocycles. The minimum atomic E-state index is -0.411. The molecule has 0 aromatic rings. The molecule has 2 aliphatic rings. The third-order valence-electron chi connectivity index (χ3n) is 4.63. The molecule has 0 aromatic carbocycles. The second-order valence-electron chi connectivity index (χ2n) is 6.91. The van der Waals surface area contributed by atoms with Gasteiger partial charge in [-0.1, -0.05) is 19.3 Å². The average Bonchev–Trinajstić information content (AvgIpc) is 2.45. The Hall–Kier alpha value is -0.650. The fourth-order valence-electron chi connectivity index (χ4n) is 3.61. The van der Waals surface area contributed by atoms with Crippen molar-refractivity contribution in [2.45, 2.75) is 57.7 Å². The number of carbonyl (C=O) groups excluding carboxylic acids is 1. The largest absolute Gasteiger partial charge is 0.394 e. The molecule has 5 nitrogen and oxygen atoms in total. The summed E-state index contributed by atoms with van der Waals surface area (Å²) in [6.45, 7) is 5.34. The quantitative estimate of drug-likeness (QED) is 0.807. The highest BCUT2D eigenvalue weighted by atomic mass is 16.5. The fourth-order valence-corrected chi connectivity index (χ4v) is 3.61. The zero-order valence-electron chi connectivity index (χ0n) is 12.7. The van der Waals surface area contributed by atoms with Crippen LogP contribution in [0.2, 0.25) is 0 Å². The minimum Gasteiger partial charge on any atom is -0.394 e. The van der Waals surface area contributed by atoms with Crippen molar-refractivity contribution < 1.29 is 14.6 Å². The maximum Gasteiger partial charge on any atom is 0.230 e. The smallest absolute Gasteiger partial charge is 0.230 e. The predicted octanol–water partition coefficient (Wildman–Crippen LogP) is 0.894. The van der Waals surface area contributed by atoms with Crippen molar-refractivity contribution in [3.05, 3.63) is 0 Å². The maximum atomic E-state index is 13.0. The number of nitrogens with zero attached hydrogens (tertiary/aromatic N) is 1. The summed E-state index contributed by atoms with van der Waals surface area (Å²) in [5.74, 6) is 0.162. The number of morpholine rings is 1. The van der Waals surface area contributed by atoms with Crippen LogP contribution in [0.25, 0.3) is 0 Å². The van der Waals surface area contributed by atoms with Gasteiger partial charge in [0.2, 0.25) is 5.91 Å². The van der Waals surface area contributed by atoms with Crippen LogP contribution < -0.4 is 5.73 Å². The number of nitrogens with two attached hydrogens (primary N) is 1. The SMILES string of the molecule is CC1(C)CN(C(=O)C2(CN)CCCCC2)CC(CO)O1. The molecule has 20 heavy (non-hydrogen) atoms. The second-order valence-corrected chi connectivity index (χ2v) is 6.91. The van der Waals surface area contributed by atoms with Gasteiger partial charge in [-0.2, -0.15) is 0 Å². The molecule has 0 bridgehead atoms. The molecule has 1 amide bonds. The Labute approximate surface area is 121 Å². The van der Waals surface area contributed by atoms with E-state index in [4.69, 9.17) is 10.5 Å². The van der Waals surface area contributed by atoms with Crippen LogP contribution in [0.4, 0.5) is 0 Å². The van der Waals surface area contributed by atoms with Crippen LogP contribution in [-0.2, 0) is 9.53 Å². The molecule has 1 aliphatic carbocycles. The van der Waals surface area contributed by atoms with Gasteiger partial charge in [-0.15, -0.1) is 0 Å². The molecule has 1 unspecified atom stereocenters. The Balaban J connectivity index is 2.14. The van der Waals surface area contributed by atoms with Crippen LogP contribution in [0, 0.1) is 5.41 Å². The van der Waals surface area contributed by atoms with E-state index in [-0.39, 0.29) is 24.0 Å². The van der Waals surface area contributed by atoms with Crippen LogP contribution in [0.1, 0.15) is 46.0 Å². The van der Waals surface area contributed by atoms with Gasteiger partial charge in [0.05, 0.1) is 23.7 Å². The highest BCUT2D eigenvalue weighted by molar-refractivity contribution is 5.83. The lowest BCUT2D eigenvalue weighted by Crippen LogP contribution is -2.59. The first kappa shape index (κ1) is 15.7. The molecule has 0 spiro atoms. The Morgan fingerprint density at radius 3 is 2.55 bits per heavy atom. The average molecular weight is 284 g/mol. The molecule has 5 heteroatoms. The standard InChI is InChI=1S/C15H28N2O3/c1-14(2)11-17(8-12(9-18)20-14)13(19)15(10-16)6-4-3-5-7-15/h12,18H,3-11,16H2,1-2H3. The number of carbonyl (C=O) groups is 1. The van der Waals surface area contributed by atoms with E-state index in [1.807, 2.05) is 18.7 Å². The van der Waals surface area contributed by atoms with Crippen molar-refractivity contribution in [1.82, 2.24) is 4.90 Å². The lowest BCUT2D eigenvalue weighted by molar-refractivity contribution is -0.175. The topological polar surface area (TPSA) is 75.8 Å². The third-order valence-corrected chi connectivity index (χ3v) is 4.63. The summed E-state index contributed by atoms with van der Waals surface area (Å²) in [6.07, 6.45) is 4.86. The number of aliphatic hydroxyl groups excluding tert-OH is 1. The third kappa shape index (κ3) is 3.15. The van der Waals surface area contributed by atoms with Crippen LogP contribution in [0.5, 0.6) is 0 Å². The molecule has 1 atom stereocenters. The van der Waals surface area contributed by atoms with Gasteiger partial charge < -0.3 is 20.5 Å². The lowest BCUT2D eigenvalue weighted by Gasteiger charge is -2.46. The van der Waals surface area contributed by atoms with Gasteiger partial charge in [0, 0.05) is 19.6 Å². The van der Waals surface area contributed by atoms with E-state index in [2.05, 4.69) is 0 Å². The van der Waals surface area contributed by atoms with Gasteiger partial charge in [0.1, 0.15) is 0 Å². The number of ether oxygens (including phenoxy) is 1. The summed E-state index contributed by atoms with van der Waals surface area (Å²) in [5, 5.41) is 9.37. The van der Waals surface area contributed by atoms with E-state index in [0.29, 0.717) is 19.6 Å². The Morgan fingerprint density at radius 1 is 1.35 bits per heavy atom. The summed E-state index contributed by atoms with van der Waals surface area (Å²) in [6, 6.07) is 0. The molecule has 1 aliphatic heterocycles. The summed E-state index contributed by atoms with van der Waals surface area (Å²) in [7, 11) is 0. The molecular weight excluding hydrogens is 256 g/mol. The highest BCUT2D eigenvalue weighted by Crippen LogP contribution is 2.38. The highest BCUT2D eigenvalue weighted by Gasteiger charge is 2.44. The maximum absolute atomic E-state index is 13.0. The first-order valence-corrected chi connectivity index (χ1v) is 7.71. The van der Waals surface area contributed by atoms with Crippen LogP contribution >= 0.6 is 0 Å².